The van der Waals surface area contributed by atoms with Gasteiger partial charge in [0, 0.05) is 18.3 Å². The van der Waals surface area contributed by atoms with Crippen molar-refractivity contribution in [3.8, 4) is 0 Å². The van der Waals surface area contributed by atoms with Crippen LogP contribution in [0.2, 0.25) is 5.15 Å². The Hall–Kier alpha value is -1.64. The monoisotopic (exact) mass is 418 g/mol. The Kier molecular flexibility index (Phi) is 5.26. The molecule has 0 N–H and O–H groups in total. The van der Waals surface area contributed by atoms with Gasteiger partial charge in [-0.1, -0.05) is 23.7 Å². The van der Waals surface area contributed by atoms with Gasteiger partial charge in [0.25, 0.3) is 0 Å². The maximum absolute atomic E-state index is 13.2. The minimum absolute atomic E-state index is 0.0184. The van der Waals surface area contributed by atoms with Gasteiger partial charge in [-0.25, -0.2) is 13.4 Å². The number of sulfonamides is 1. The Labute approximate surface area is 161 Å². The fourth-order valence-corrected chi connectivity index (χ4v) is 4.97. The molecule has 0 aliphatic heterocycles. The molecule has 1 heterocycles. The maximum Gasteiger partial charge on any atom is 0.416 e. The van der Waals surface area contributed by atoms with Gasteiger partial charge >= 0.3 is 6.18 Å². The van der Waals surface area contributed by atoms with Gasteiger partial charge in [0.2, 0.25) is 10.0 Å². The number of aromatic nitrogens is 1. The second-order valence-corrected chi connectivity index (χ2v) is 8.85. The Morgan fingerprint density at radius 1 is 1.26 bits per heavy atom. The van der Waals surface area contributed by atoms with Crippen LogP contribution in [0.1, 0.15) is 42.5 Å². The minimum Gasteiger partial charge on any atom is -0.243 e. The molecule has 0 radical (unpaired) electrons. The summed E-state index contributed by atoms with van der Waals surface area (Å²) in [5.41, 5.74) is 0.00292. The fourth-order valence-electron chi connectivity index (χ4n) is 2.97. The van der Waals surface area contributed by atoms with E-state index < -0.39 is 27.8 Å². The molecule has 27 heavy (non-hydrogen) atoms. The molecule has 1 aromatic carbocycles. The molecule has 1 fully saturated rings. The van der Waals surface area contributed by atoms with E-state index in [0.717, 1.165) is 12.1 Å². The highest BCUT2D eigenvalue weighted by molar-refractivity contribution is 7.89. The van der Waals surface area contributed by atoms with Crippen LogP contribution in [-0.2, 0) is 16.2 Å². The van der Waals surface area contributed by atoms with Gasteiger partial charge in [0.15, 0.2) is 0 Å². The summed E-state index contributed by atoms with van der Waals surface area (Å²) in [5, 5.41) is 0.206. The topological polar surface area (TPSA) is 50.3 Å². The van der Waals surface area contributed by atoms with Crippen molar-refractivity contribution in [2.75, 3.05) is 0 Å². The number of hydrogen-bond donors (Lipinski definition) is 0. The highest BCUT2D eigenvalue weighted by atomic mass is 35.5. The quantitative estimate of drug-likeness (QED) is 0.644. The van der Waals surface area contributed by atoms with Crippen LogP contribution in [0.15, 0.2) is 41.4 Å². The number of alkyl halides is 3. The number of halogens is 4. The van der Waals surface area contributed by atoms with E-state index in [2.05, 4.69) is 4.98 Å². The fraction of sp³-hybridized carbons (Fsp3) is 0.389. The van der Waals surface area contributed by atoms with Crippen molar-refractivity contribution in [3.05, 3.63) is 58.4 Å². The van der Waals surface area contributed by atoms with Crippen molar-refractivity contribution in [1.82, 2.24) is 9.29 Å². The van der Waals surface area contributed by atoms with Crippen LogP contribution in [0, 0.1) is 6.92 Å². The molecular weight excluding hydrogens is 401 g/mol. The summed E-state index contributed by atoms with van der Waals surface area (Å²) in [6, 6.07) is 5.21. The first kappa shape index (κ1) is 20.1. The third kappa shape index (κ3) is 4.12. The maximum atomic E-state index is 13.2. The standard InChI is InChI=1S/C18H18ClF3N2O2S/c1-11-8-16(10-23-17(11)19)27(25,26)24(15-6-7-15)12(2)13-4-3-5-14(9-13)18(20,21)22/h3-5,8-10,12,15H,6-7H2,1-2H3/t12-/m1/s1. The summed E-state index contributed by atoms with van der Waals surface area (Å²) in [6.45, 7) is 3.24. The molecule has 1 aliphatic rings. The zero-order valence-corrected chi connectivity index (χ0v) is 16.2. The van der Waals surface area contributed by atoms with E-state index >= 15 is 0 Å². The predicted molar refractivity (Wildman–Crippen MR) is 95.9 cm³/mol. The highest BCUT2D eigenvalue weighted by Crippen LogP contribution is 2.40. The van der Waals surface area contributed by atoms with E-state index in [1.54, 1.807) is 13.8 Å². The van der Waals surface area contributed by atoms with Gasteiger partial charge in [-0.15, -0.1) is 0 Å². The van der Waals surface area contributed by atoms with Gasteiger partial charge in [0.05, 0.1) is 5.56 Å². The first-order valence-electron chi connectivity index (χ1n) is 8.34. The number of pyridine rings is 1. The summed E-state index contributed by atoms with van der Waals surface area (Å²) in [6.07, 6.45) is -1.97. The molecule has 0 saturated heterocycles. The number of benzene rings is 1. The average molecular weight is 419 g/mol. The summed E-state index contributed by atoms with van der Waals surface area (Å²) in [4.78, 5) is 3.88. The van der Waals surface area contributed by atoms with Crippen LogP contribution in [0.25, 0.3) is 0 Å². The van der Waals surface area contributed by atoms with E-state index in [-0.39, 0.29) is 16.1 Å². The Balaban J connectivity index is 2.02. The van der Waals surface area contributed by atoms with Crippen LogP contribution >= 0.6 is 11.6 Å². The van der Waals surface area contributed by atoms with Crippen LogP contribution in [0.3, 0.4) is 0 Å². The molecule has 9 heteroatoms. The molecule has 0 unspecified atom stereocenters. The van der Waals surface area contributed by atoms with E-state index in [4.69, 9.17) is 11.6 Å². The van der Waals surface area contributed by atoms with Crippen LogP contribution in [0.5, 0.6) is 0 Å². The molecule has 3 rings (SSSR count). The molecule has 1 aromatic heterocycles. The van der Waals surface area contributed by atoms with Gasteiger partial charge in [-0.05, 0) is 56.0 Å². The van der Waals surface area contributed by atoms with Gasteiger partial charge < -0.3 is 0 Å². The predicted octanol–water partition coefficient (Wildman–Crippen LogP) is 4.98. The smallest absolute Gasteiger partial charge is 0.243 e. The largest absolute Gasteiger partial charge is 0.416 e. The average Bonchev–Trinajstić information content (AvgIpc) is 3.41. The number of nitrogens with zero attached hydrogens (tertiary/aromatic N) is 2. The second kappa shape index (κ2) is 7.07. The van der Waals surface area contributed by atoms with Crippen molar-refractivity contribution in [1.29, 1.82) is 0 Å². The second-order valence-electron chi connectivity index (χ2n) is 6.64. The van der Waals surface area contributed by atoms with Crippen LogP contribution in [0.4, 0.5) is 13.2 Å². The van der Waals surface area contributed by atoms with Crippen molar-refractivity contribution in [2.45, 2.75) is 49.8 Å². The molecule has 1 saturated carbocycles. The molecule has 4 nitrogen and oxygen atoms in total. The van der Waals surface area contributed by atoms with Gasteiger partial charge in [-0.3, -0.25) is 0 Å². The Morgan fingerprint density at radius 2 is 1.93 bits per heavy atom. The van der Waals surface area contributed by atoms with Crippen LogP contribution < -0.4 is 0 Å². The van der Waals surface area contributed by atoms with E-state index in [1.807, 2.05) is 0 Å². The summed E-state index contributed by atoms with van der Waals surface area (Å²) < 4.78 is 66.8. The van der Waals surface area contributed by atoms with Gasteiger partial charge in [-0.2, -0.15) is 17.5 Å². The lowest BCUT2D eigenvalue weighted by atomic mass is 10.0. The van der Waals surface area contributed by atoms with E-state index in [9.17, 15) is 21.6 Å². The van der Waals surface area contributed by atoms with Crippen molar-refractivity contribution in [3.63, 3.8) is 0 Å². The van der Waals surface area contributed by atoms with Gasteiger partial charge in [0.1, 0.15) is 10.0 Å². The molecule has 0 amide bonds. The molecule has 1 aliphatic carbocycles. The van der Waals surface area contributed by atoms with Crippen LogP contribution in [-0.4, -0.2) is 23.7 Å². The summed E-state index contributed by atoms with van der Waals surface area (Å²) >= 11 is 5.88. The number of rotatable bonds is 5. The first-order chi connectivity index (χ1) is 12.5. The Bertz CT molecular complexity index is 959. The van der Waals surface area contributed by atoms with Crippen molar-refractivity contribution < 1.29 is 21.6 Å². The highest BCUT2D eigenvalue weighted by Gasteiger charge is 2.42. The minimum atomic E-state index is -4.49. The third-order valence-corrected chi connectivity index (χ3v) is 6.93. The van der Waals surface area contributed by atoms with E-state index in [1.165, 1.54) is 28.7 Å². The molecule has 1 atom stereocenters. The molecule has 0 spiro atoms. The number of hydrogen-bond acceptors (Lipinski definition) is 3. The third-order valence-electron chi connectivity index (χ3n) is 4.55. The molecule has 0 bridgehead atoms. The lowest BCUT2D eigenvalue weighted by Gasteiger charge is -2.29. The van der Waals surface area contributed by atoms with Crippen molar-refractivity contribution in [2.24, 2.45) is 0 Å². The molecule has 146 valence electrons. The molecular formula is C18H18ClF3N2O2S. The van der Waals surface area contributed by atoms with E-state index in [0.29, 0.717) is 24.0 Å². The first-order valence-corrected chi connectivity index (χ1v) is 10.2. The zero-order valence-electron chi connectivity index (χ0n) is 14.7. The number of aryl methyl sites for hydroxylation is 1. The molecule has 2 aromatic rings. The lowest BCUT2D eigenvalue weighted by molar-refractivity contribution is -0.137. The van der Waals surface area contributed by atoms with Crippen molar-refractivity contribution >= 4 is 21.6 Å². The zero-order chi connectivity index (χ0) is 20.0. The summed E-state index contributed by atoms with van der Waals surface area (Å²) in [7, 11) is -3.94. The Morgan fingerprint density at radius 3 is 2.48 bits per heavy atom. The normalized spacial score (nSPS) is 16.6. The lowest BCUT2D eigenvalue weighted by Crippen LogP contribution is -2.35. The summed E-state index contributed by atoms with van der Waals surface area (Å²) in [5.74, 6) is 0. The SMILES string of the molecule is Cc1cc(S(=O)(=O)N(C2CC2)[C@H](C)c2cccc(C(F)(F)F)c2)cnc1Cl.